The standard InChI is InChI=1S/C16H17BrFNO/c1-10-7-8-12(17)9-14(10)19-11(2)16-13(18)5-4-6-15(16)20-3/h4-9,11,19H,1-3H3. The molecule has 0 heterocycles. The Morgan fingerprint density at radius 1 is 1.25 bits per heavy atom. The number of hydrogen-bond acceptors (Lipinski definition) is 2. The van der Waals surface area contributed by atoms with E-state index in [0.717, 1.165) is 15.7 Å². The minimum Gasteiger partial charge on any atom is -0.496 e. The predicted octanol–water partition coefficient (Wildman–Crippen LogP) is 5.08. The Bertz CT molecular complexity index is 615. The molecule has 2 aromatic rings. The van der Waals surface area contributed by atoms with E-state index < -0.39 is 0 Å². The molecule has 4 heteroatoms. The van der Waals surface area contributed by atoms with Crippen molar-refractivity contribution in [2.24, 2.45) is 0 Å². The van der Waals surface area contributed by atoms with Crippen LogP contribution in [-0.2, 0) is 0 Å². The summed E-state index contributed by atoms with van der Waals surface area (Å²) >= 11 is 3.45. The van der Waals surface area contributed by atoms with Gasteiger partial charge >= 0.3 is 0 Å². The second-order valence-corrected chi connectivity index (χ2v) is 5.60. The molecule has 0 aliphatic heterocycles. The average molecular weight is 338 g/mol. The molecule has 2 rings (SSSR count). The molecule has 0 amide bonds. The summed E-state index contributed by atoms with van der Waals surface area (Å²) in [5, 5.41) is 3.33. The van der Waals surface area contributed by atoms with Crippen molar-refractivity contribution in [3.8, 4) is 5.75 Å². The van der Waals surface area contributed by atoms with Crippen LogP contribution < -0.4 is 10.1 Å². The maximum absolute atomic E-state index is 14.0. The van der Waals surface area contributed by atoms with Crippen LogP contribution >= 0.6 is 15.9 Å². The van der Waals surface area contributed by atoms with Crippen LogP contribution in [0.3, 0.4) is 0 Å². The molecule has 106 valence electrons. The summed E-state index contributed by atoms with van der Waals surface area (Å²) in [5.41, 5.74) is 2.61. The van der Waals surface area contributed by atoms with Gasteiger partial charge in [0.05, 0.1) is 18.7 Å². The maximum Gasteiger partial charge on any atom is 0.132 e. The summed E-state index contributed by atoms with van der Waals surface area (Å²) in [6, 6.07) is 10.6. The monoisotopic (exact) mass is 337 g/mol. The smallest absolute Gasteiger partial charge is 0.132 e. The number of methoxy groups -OCH3 is 1. The van der Waals surface area contributed by atoms with E-state index in [4.69, 9.17) is 4.74 Å². The molecule has 0 fully saturated rings. The highest BCUT2D eigenvalue weighted by Crippen LogP contribution is 2.31. The van der Waals surface area contributed by atoms with Crippen molar-refractivity contribution in [3.05, 3.63) is 57.8 Å². The van der Waals surface area contributed by atoms with Crippen LogP contribution in [-0.4, -0.2) is 7.11 Å². The van der Waals surface area contributed by atoms with Crippen LogP contribution in [0.5, 0.6) is 5.75 Å². The topological polar surface area (TPSA) is 21.3 Å². The van der Waals surface area contributed by atoms with Gasteiger partial charge in [-0.1, -0.05) is 28.1 Å². The molecule has 1 N–H and O–H groups in total. The van der Waals surface area contributed by atoms with E-state index in [-0.39, 0.29) is 11.9 Å². The zero-order chi connectivity index (χ0) is 14.7. The lowest BCUT2D eigenvalue weighted by molar-refractivity contribution is 0.402. The Kier molecular flexibility index (Phi) is 4.65. The third-order valence-electron chi connectivity index (χ3n) is 3.24. The lowest BCUT2D eigenvalue weighted by atomic mass is 10.1. The number of anilines is 1. The van der Waals surface area contributed by atoms with Crippen molar-refractivity contribution in [1.82, 2.24) is 0 Å². The zero-order valence-corrected chi connectivity index (χ0v) is 13.3. The van der Waals surface area contributed by atoms with E-state index in [1.807, 2.05) is 32.0 Å². The fourth-order valence-corrected chi connectivity index (χ4v) is 2.53. The van der Waals surface area contributed by atoms with Crippen molar-refractivity contribution >= 4 is 21.6 Å². The van der Waals surface area contributed by atoms with Crippen LogP contribution in [0.25, 0.3) is 0 Å². The number of hydrogen-bond donors (Lipinski definition) is 1. The van der Waals surface area contributed by atoms with Gasteiger partial charge in [0.15, 0.2) is 0 Å². The highest BCUT2D eigenvalue weighted by Gasteiger charge is 2.16. The Morgan fingerprint density at radius 2 is 2.00 bits per heavy atom. The molecule has 0 aliphatic carbocycles. The number of ether oxygens (including phenoxy) is 1. The highest BCUT2D eigenvalue weighted by atomic mass is 79.9. The Labute approximate surface area is 127 Å². The quantitative estimate of drug-likeness (QED) is 0.840. The number of aryl methyl sites for hydroxylation is 1. The lowest BCUT2D eigenvalue weighted by Crippen LogP contribution is -2.11. The molecule has 2 aromatic carbocycles. The molecule has 0 bridgehead atoms. The Balaban J connectivity index is 2.33. The zero-order valence-electron chi connectivity index (χ0n) is 11.7. The predicted molar refractivity (Wildman–Crippen MR) is 83.9 cm³/mol. The lowest BCUT2D eigenvalue weighted by Gasteiger charge is -2.20. The van der Waals surface area contributed by atoms with Crippen molar-refractivity contribution in [3.63, 3.8) is 0 Å². The van der Waals surface area contributed by atoms with Gasteiger partial charge in [0.2, 0.25) is 0 Å². The van der Waals surface area contributed by atoms with Crippen LogP contribution in [0.2, 0.25) is 0 Å². The number of benzene rings is 2. The minimum atomic E-state index is -0.267. The number of rotatable bonds is 4. The van der Waals surface area contributed by atoms with Crippen LogP contribution in [0, 0.1) is 12.7 Å². The number of halogens is 2. The summed E-state index contributed by atoms with van der Waals surface area (Å²) in [6.45, 7) is 3.93. The molecule has 0 saturated heterocycles. The average Bonchev–Trinajstić information content (AvgIpc) is 2.42. The summed E-state index contributed by atoms with van der Waals surface area (Å²) in [6.07, 6.45) is 0. The number of nitrogens with one attached hydrogen (secondary N) is 1. The first-order valence-corrected chi connectivity index (χ1v) is 7.17. The largest absolute Gasteiger partial charge is 0.496 e. The van der Waals surface area contributed by atoms with Gasteiger partial charge in [0.1, 0.15) is 11.6 Å². The highest BCUT2D eigenvalue weighted by molar-refractivity contribution is 9.10. The summed E-state index contributed by atoms with van der Waals surface area (Å²) in [7, 11) is 1.55. The van der Waals surface area contributed by atoms with E-state index in [1.165, 1.54) is 6.07 Å². The molecule has 0 aliphatic rings. The van der Waals surface area contributed by atoms with Gasteiger partial charge in [-0.05, 0) is 43.7 Å². The Hall–Kier alpha value is -1.55. The van der Waals surface area contributed by atoms with Gasteiger partial charge in [0.25, 0.3) is 0 Å². The van der Waals surface area contributed by atoms with Crippen molar-refractivity contribution in [1.29, 1.82) is 0 Å². The third kappa shape index (κ3) is 3.12. The fourth-order valence-electron chi connectivity index (χ4n) is 2.17. The van der Waals surface area contributed by atoms with Gasteiger partial charge < -0.3 is 10.1 Å². The minimum absolute atomic E-state index is 0.195. The first-order chi connectivity index (χ1) is 9.52. The second kappa shape index (κ2) is 6.27. The first kappa shape index (κ1) is 14.9. The van der Waals surface area contributed by atoms with Gasteiger partial charge in [0, 0.05) is 10.2 Å². The molecule has 0 spiro atoms. The first-order valence-electron chi connectivity index (χ1n) is 6.38. The molecule has 0 radical (unpaired) electrons. The van der Waals surface area contributed by atoms with Gasteiger partial charge in [-0.25, -0.2) is 4.39 Å². The van der Waals surface area contributed by atoms with E-state index in [1.54, 1.807) is 19.2 Å². The molecule has 0 aromatic heterocycles. The van der Waals surface area contributed by atoms with Gasteiger partial charge in [-0.2, -0.15) is 0 Å². The van der Waals surface area contributed by atoms with Crippen LogP contribution in [0.1, 0.15) is 24.1 Å². The van der Waals surface area contributed by atoms with Crippen molar-refractivity contribution in [2.75, 3.05) is 12.4 Å². The molecular weight excluding hydrogens is 321 g/mol. The molecule has 20 heavy (non-hydrogen) atoms. The normalized spacial score (nSPS) is 12.1. The van der Waals surface area contributed by atoms with E-state index in [2.05, 4.69) is 21.2 Å². The Morgan fingerprint density at radius 3 is 2.70 bits per heavy atom. The van der Waals surface area contributed by atoms with E-state index in [0.29, 0.717) is 11.3 Å². The molecular formula is C16H17BrFNO. The summed E-state index contributed by atoms with van der Waals surface area (Å²) in [5.74, 6) is 0.287. The van der Waals surface area contributed by atoms with Crippen molar-refractivity contribution in [2.45, 2.75) is 19.9 Å². The maximum atomic E-state index is 14.0. The van der Waals surface area contributed by atoms with Crippen LogP contribution in [0.4, 0.5) is 10.1 Å². The SMILES string of the molecule is COc1cccc(F)c1C(C)Nc1cc(Br)ccc1C. The third-order valence-corrected chi connectivity index (χ3v) is 3.73. The summed E-state index contributed by atoms with van der Waals surface area (Å²) in [4.78, 5) is 0. The fraction of sp³-hybridized carbons (Fsp3) is 0.250. The van der Waals surface area contributed by atoms with Gasteiger partial charge in [-0.3, -0.25) is 0 Å². The van der Waals surface area contributed by atoms with Crippen molar-refractivity contribution < 1.29 is 9.13 Å². The molecule has 1 atom stereocenters. The van der Waals surface area contributed by atoms with E-state index in [9.17, 15) is 4.39 Å². The van der Waals surface area contributed by atoms with Gasteiger partial charge in [-0.15, -0.1) is 0 Å². The van der Waals surface area contributed by atoms with Crippen LogP contribution in [0.15, 0.2) is 40.9 Å². The molecule has 2 nitrogen and oxygen atoms in total. The summed E-state index contributed by atoms with van der Waals surface area (Å²) < 4.78 is 20.3. The second-order valence-electron chi connectivity index (χ2n) is 4.68. The van der Waals surface area contributed by atoms with E-state index >= 15 is 0 Å². The molecule has 1 unspecified atom stereocenters. The molecule has 0 saturated carbocycles.